The minimum Gasteiger partial charge on any atom is -0.339 e. The molecule has 0 saturated carbocycles. The molecule has 160 valence electrons. The van der Waals surface area contributed by atoms with Crippen LogP contribution in [0, 0.1) is 11.6 Å². The number of aryl methyl sites for hydroxylation is 1. The van der Waals surface area contributed by atoms with Gasteiger partial charge in [-0.3, -0.25) is 14.4 Å². The fourth-order valence-corrected chi connectivity index (χ4v) is 3.51. The molecule has 1 fully saturated rings. The van der Waals surface area contributed by atoms with Crippen LogP contribution in [0.3, 0.4) is 0 Å². The van der Waals surface area contributed by atoms with E-state index in [4.69, 9.17) is 0 Å². The number of hydrogen-bond donors (Lipinski definition) is 1. The molecule has 0 unspecified atom stereocenters. The Morgan fingerprint density at radius 2 is 1.67 bits per heavy atom. The van der Waals surface area contributed by atoms with Crippen LogP contribution in [0.15, 0.2) is 41.3 Å². The molecule has 2 aromatic rings. The molecule has 0 radical (unpaired) electrons. The summed E-state index contributed by atoms with van der Waals surface area (Å²) in [4.78, 5) is 38.3. The number of rotatable bonds is 5. The number of carbonyl (C=O) groups excluding carboxylic acids is 2. The Morgan fingerprint density at radius 3 is 2.37 bits per heavy atom. The topological polar surface area (TPSA) is 71.4 Å². The van der Waals surface area contributed by atoms with Crippen molar-refractivity contribution in [2.24, 2.45) is 0 Å². The Bertz CT molecular complexity index is 966. The van der Waals surface area contributed by atoms with Crippen molar-refractivity contribution in [2.45, 2.75) is 45.1 Å². The minimum atomic E-state index is -0.957. The molecule has 0 atom stereocenters. The maximum atomic E-state index is 14.3. The molecular formula is C22H25F2N3O3. The quantitative estimate of drug-likeness (QED) is 0.809. The molecule has 1 saturated heterocycles. The van der Waals surface area contributed by atoms with E-state index in [1.807, 2.05) is 0 Å². The number of benzene rings is 1. The number of pyridine rings is 1. The Balaban J connectivity index is 1.70. The number of carbonyl (C=O) groups is 2. The highest BCUT2D eigenvalue weighted by atomic mass is 19.1. The molecule has 30 heavy (non-hydrogen) atoms. The first-order chi connectivity index (χ1) is 14.5. The van der Waals surface area contributed by atoms with E-state index in [0.717, 1.165) is 38.2 Å². The van der Waals surface area contributed by atoms with Gasteiger partial charge < -0.3 is 14.8 Å². The van der Waals surface area contributed by atoms with E-state index in [1.165, 1.54) is 10.6 Å². The van der Waals surface area contributed by atoms with Gasteiger partial charge in [-0.05, 0) is 25.0 Å². The van der Waals surface area contributed by atoms with Crippen molar-refractivity contribution in [3.63, 3.8) is 0 Å². The lowest BCUT2D eigenvalue weighted by molar-refractivity contribution is -0.116. The first-order valence-corrected chi connectivity index (χ1v) is 10.2. The SMILES string of the molecule is O=C(CCn1ccccc1=O)Nc1cc(C(=O)N2CCCCCCC2)c(F)cc1F. The predicted molar refractivity (Wildman–Crippen MR) is 109 cm³/mol. The third-order valence-electron chi connectivity index (χ3n) is 5.18. The minimum absolute atomic E-state index is 0.0733. The van der Waals surface area contributed by atoms with Gasteiger partial charge in [-0.25, -0.2) is 8.78 Å². The average Bonchev–Trinajstić information content (AvgIpc) is 2.69. The van der Waals surface area contributed by atoms with Crippen LogP contribution in [-0.4, -0.2) is 34.4 Å². The Labute approximate surface area is 173 Å². The smallest absolute Gasteiger partial charge is 0.256 e. The summed E-state index contributed by atoms with van der Waals surface area (Å²) in [5.74, 6) is -2.95. The van der Waals surface area contributed by atoms with E-state index in [1.54, 1.807) is 23.2 Å². The van der Waals surface area contributed by atoms with Crippen LogP contribution in [0.1, 0.15) is 48.9 Å². The van der Waals surface area contributed by atoms with E-state index in [-0.39, 0.29) is 29.8 Å². The second-order valence-corrected chi connectivity index (χ2v) is 7.40. The summed E-state index contributed by atoms with van der Waals surface area (Å²) in [5, 5.41) is 2.38. The zero-order valence-corrected chi connectivity index (χ0v) is 16.7. The molecule has 1 aromatic heterocycles. The number of likely N-dealkylation sites (tertiary alicyclic amines) is 1. The van der Waals surface area contributed by atoms with Gasteiger partial charge in [0.05, 0.1) is 11.3 Å². The number of amides is 2. The van der Waals surface area contributed by atoms with Gasteiger partial charge in [-0.2, -0.15) is 0 Å². The van der Waals surface area contributed by atoms with Gasteiger partial charge >= 0.3 is 0 Å². The summed E-state index contributed by atoms with van der Waals surface area (Å²) in [7, 11) is 0. The van der Waals surface area contributed by atoms with Crippen molar-refractivity contribution in [1.29, 1.82) is 0 Å². The highest BCUT2D eigenvalue weighted by Crippen LogP contribution is 2.22. The number of hydrogen-bond acceptors (Lipinski definition) is 3. The Kier molecular flexibility index (Phi) is 7.32. The van der Waals surface area contributed by atoms with Gasteiger partial charge in [0.1, 0.15) is 11.6 Å². The molecule has 0 spiro atoms. The molecule has 2 amide bonds. The number of halogens is 2. The summed E-state index contributed by atoms with van der Waals surface area (Å²) in [6, 6.07) is 6.31. The Morgan fingerprint density at radius 1 is 0.967 bits per heavy atom. The van der Waals surface area contributed by atoms with Crippen molar-refractivity contribution in [3.8, 4) is 0 Å². The van der Waals surface area contributed by atoms with Crippen LogP contribution in [0.4, 0.5) is 14.5 Å². The fraction of sp³-hybridized carbons (Fsp3) is 0.409. The summed E-state index contributed by atoms with van der Waals surface area (Å²) in [6.45, 7) is 1.18. The molecule has 1 aliphatic rings. The van der Waals surface area contributed by atoms with E-state index in [9.17, 15) is 23.2 Å². The summed E-state index contributed by atoms with van der Waals surface area (Å²) in [6.07, 6.45) is 6.32. The third-order valence-corrected chi connectivity index (χ3v) is 5.18. The highest BCUT2D eigenvalue weighted by molar-refractivity contribution is 5.97. The van der Waals surface area contributed by atoms with Gasteiger partial charge in [-0.15, -0.1) is 0 Å². The fourth-order valence-electron chi connectivity index (χ4n) is 3.51. The van der Waals surface area contributed by atoms with Gasteiger partial charge in [0, 0.05) is 44.4 Å². The maximum absolute atomic E-state index is 14.3. The van der Waals surface area contributed by atoms with Gasteiger partial charge in [-0.1, -0.05) is 25.3 Å². The van der Waals surface area contributed by atoms with Gasteiger partial charge in [0.2, 0.25) is 5.91 Å². The van der Waals surface area contributed by atoms with Crippen molar-refractivity contribution >= 4 is 17.5 Å². The van der Waals surface area contributed by atoms with E-state index < -0.39 is 23.4 Å². The summed E-state index contributed by atoms with van der Waals surface area (Å²) in [5.41, 5.74) is -0.761. The lowest BCUT2D eigenvalue weighted by atomic mass is 10.1. The second-order valence-electron chi connectivity index (χ2n) is 7.40. The third kappa shape index (κ3) is 5.52. The molecule has 0 bridgehead atoms. The molecule has 1 aliphatic heterocycles. The van der Waals surface area contributed by atoms with Crippen molar-refractivity contribution in [1.82, 2.24) is 9.47 Å². The first kappa shape index (κ1) is 21.7. The summed E-state index contributed by atoms with van der Waals surface area (Å²) < 4.78 is 29.9. The van der Waals surface area contributed by atoms with Gasteiger partial charge in [0.25, 0.3) is 11.5 Å². The molecule has 8 heteroatoms. The van der Waals surface area contributed by atoms with Crippen LogP contribution in [0.2, 0.25) is 0 Å². The molecule has 2 heterocycles. The molecule has 6 nitrogen and oxygen atoms in total. The Hall–Kier alpha value is -3.03. The molecule has 1 N–H and O–H groups in total. The zero-order chi connectivity index (χ0) is 21.5. The van der Waals surface area contributed by atoms with Crippen LogP contribution in [0.25, 0.3) is 0 Å². The van der Waals surface area contributed by atoms with Crippen LogP contribution in [0.5, 0.6) is 0 Å². The number of aromatic nitrogens is 1. The number of anilines is 1. The maximum Gasteiger partial charge on any atom is 0.256 e. The van der Waals surface area contributed by atoms with Crippen LogP contribution >= 0.6 is 0 Å². The normalized spacial score (nSPS) is 14.7. The lowest BCUT2D eigenvalue weighted by Crippen LogP contribution is -2.34. The average molecular weight is 417 g/mol. The molecule has 3 rings (SSSR count). The first-order valence-electron chi connectivity index (χ1n) is 10.2. The largest absolute Gasteiger partial charge is 0.339 e. The second kappa shape index (κ2) is 10.1. The van der Waals surface area contributed by atoms with E-state index in [0.29, 0.717) is 19.2 Å². The highest BCUT2D eigenvalue weighted by Gasteiger charge is 2.22. The molecular weight excluding hydrogens is 392 g/mol. The summed E-state index contributed by atoms with van der Waals surface area (Å²) >= 11 is 0. The van der Waals surface area contributed by atoms with Crippen molar-refractivity contribution in [2.75, 3.05) is 18.4 Å². The number of nitrogens with zero attached hydrogens (tertiary/aromatic N) is 2. The van der Waals surface area contributed by atoms with E-state index in [2.05, 4.69) is 5.32 Å². The van der Waals surface area contributed by atoms with Crippen molar-refractivity contribution < 1.29 is 18.4 Å². The van der Waals surface area contributed by atoms with Crippen LogP contribution < -0.4 is 10.9 Å². The molecule has 0 aliphatic carbocycles. The van der Waals surface area contributed by atoms with Crippen molar-refractivity contribution in [3.05, 3.63) is 64.1 Å². The number of nitrogens with one attached hydrogen (secondary N) is 1. The predicted octanol–water partition coefficient (Wildman–Crippen LogP) is 3.56. The van der Waals surface area contributed by atoms with Crippen LogP contribution in [-0.2, 0) is 11.3 Å². The lowest BCUT2D eigenvalue weighted by Gasteiger charge is -2.25. The zero-order valence-electron chi connectivity index (χ0n) is 16.7. The monoisotopic (exact) mass is 417 g/mol. The van der Waals surface area contributed by atoms with Gasteiger partial charge in [0.15, 0.2) is 0 Å². The molecule has 1 aromatic carbocycles. The van der Waals surface area contributed by atoms with E-state index >= 15 is 0 Å². The standard InChI is InChI=1S/C22H25F2N3O3/c23-17-15-18(24)19(25-20(28)9-13-26-10-7-4-8-21(26)29)14-16(17)22(30)27-11-5-2-1-3-6-12-27/h4,7-8,10,14-15H,1-3,5-6,9,11-13H2,(H,25,28).